The summed E-state index contributed by atoms with van der Waals surface area (Å²) in [6, 6.07) is 2.58. The average Bonchev–Trinajstić information content (AvgIpc) is 3.07. The van der Waals surface area contributed by atoms with E-state index in [2.05, 4.69) is 38.3 Å². The van der Waals surface area contributed by atoms with E-state index in [1.54, 1.807) is 11.0 Å². The fraction of sp³-hybridized carbons (Fsp3) is 0.357. The van der Waals surface area contributed by atoms with E-state index in [0.717, 1.165) is 29.8 Å². The zero-order chi connectivity index (χ0) is 13.7. The molecule has 0 amide bonds. The van der Waals surface area contributed by atoms with Gasteiger partial charge in [0.15, 0.2) is 5.65 Å². The summed E-state index contributed by atoms with van der Waals surface area (Å²) in [4.78, 5) is 12.7. The minimum atomic E-state index is 0.350. The molecule has 6 heteroatoms. The number of rotatable bonds is 1. The van der Waals surface area contributed by atoms with Crippen LogP contribution in [0, 0.1) is 0 Å². The summed E-state index contributed by atoms with van der Waals surface area (Å²) in [6.07, 6.45) is 4.58. The van der Waals surface area contributed by atoms with Crippen LogP contribution in [0.4, 0.5) is 5.82 Å². The van der Waals surface area contributed by atoms with Crippen molar-refractivity contribution in [1.29, 1.82) is 0 Å². The minimum Gasteiger partial charge on any atom is -0.349 e. The van der Waals surface area contributed by atoms with E-state index >= 15 is 0 Å². The summed E-state index contributed by atoms with van der Waals surface area (Å²) in [5, 5.41) is 7.51. The summed E-state index contributed by atoms with van der Waals surface area (Å²) in [6.45, 7) is 3.24. The van der Waals surface area contributed by atoms with Gasteiger partial charge < -0.3 is 4.90 Å². The highest BCUT2D eigenvalue weighted by molar-refractivity contribution is 7.10. The van der Waals surface area contributed by atoms with E-state index < -0.39 is 0 Å². The van der Waals surface area contributed by atoms with Crippen LogP contribution in [0.15, 0.2) is 24.0 Å². The highest BCUT2D eigenvalue weighted by Crippen LogP contribution is 2.37. The Morgan fingerprint density at radius 1 is 1.35 bits per heavy atom. The van der Waals surface area contributed by atoms with Crippen molar-refractivity contribution >= 4 is 28.2 Å². The molecule has 0 aromatic carbocycles. The molecule has 20 heavy (non-hydrogen) atoms. The van der Waals surface area contributed by atoms with Gasteiger partial charge in [-0.05, 0) is 30.4 Å². The molecule has 102 valence electrons. The van der Waals surface area contributed by atoms with Crippen molar-refractivity contribution in [1.82, 2.24) is 19.7 Å². The van der Waals surface area contributed by atoms with Gasteiger partial charge in [-0.2, -0.15) is 5.10 Å². The maximum absolute atomic E-state index is 4.52. The van der Waals surface area contributed by atoms with Crippen molar-refractivity contribution in [2.75, 3.05) is 11.4 Å². The van der Waals surface area contributed by atoms with Gasteiger partial charge in [-0.1, -0.05) is 0 Å². The van der Waals surface area contributed by atoms with E-state index in [9.17, 15) is 0 Å². The van der Waals surface area contributed by atoms with Gasteiger partial charge in [0.1, 0.15) is 12.1 Å². The fourth-order valence-electron chi connectivity index (χ4n) is 2.98. The van der Waals surface area contributed by atoms with Gasteiger partial charge >= 0.3 is 0 Å². The van der Waals surface area contributed by atoms with Crippen LogP contribution in [0.3, 0.4) is 0 Å². The number of nitrogens with zero attached hydrogens (tertiary/aromatic N) is 5. The monoisotopic (exact) mass is 285 g/mol. The first-order chi connectivity index (χ1) is 9.75. The van der Waals surface area contributed by atoms with Crippen LogP contribution < -0.4 is 4.90 Å². The van der Waals surface area contributed by atoms with Crippen LogP contribution in [0.2, 0.25) is 0 Å². The summed E-state index contributed by atoms with van der Waals surface area (Å²) in [5.74, 6) is 0.993. The van der Waals surface area contributed by atoms with Gasteiger partial charge in [0.25, 0.3) is 0 Å². The third-order valence-corrected chi connectivity index (χ3v) is 5.05. The Kier molecular flexibility index (Phi) is 2.53. The molecule has 1 aliphatic heterocycles. The molecule has 0 saturated heterocycles. The van der Waals surface area contributed by atoms with Crippen molar-refractivity contribution in [3.05, 3.63) is 34.4 Å². The van der Waals surface area contributed by atoms with Gasteiger partial charge in [-0.25, -0.2) is 9.97 Å². The molecule has 4 heterocycles. The highest BCUT2D eigenvalue weighted by Gasteiger charge is 2.27. The smallest absolute Gasteiger partial charge is 0.163 e. The van der Waals surface area contributed by atoms with Gasteiger partial charge in [-0.15, -0.1) is 11.3 Å². The standard InChI is InChI=1S/C14H15N5S/c1-9-10-4-6-20-12(10)3-5-19(9)14-11-7-17-18(2)13(11)15-8-16-14/h4,6-9H,3,5H2,1-2H3/t9-/m0/s1. The molecular formula is C14H15N5S. The molecule has 4 rings (SSSR count). The number of aromatic nitrogens is 4. The van der Waals surface area contributed by atoms with Gasteiger partial charge in [0.05, 0.1) is 17.6 Å². The number of anilines is 1. The Balaban J connectivity index is 1.84. The second kappa shape index (κ2) is 4.28. The van der Waals surface area contributed by atoms with Crippen LogP contribution in [0.5, 0.6) is 0 Å². The zero-order valence-corrected chi connectivity index (χ0v) is 12.3. The lowest BCUT2D eigenvalue weighted by Crippen LogP contribution is -2.33. The van der Waals surface area contributed by atoms with Crippen LogP contribution >= 0.6 is 11.3 Å². The molecule has 1 aliphatic rings. The molecule has 3 aromatic rings. The van der Waals surface area contributed by atoms with E-state index in [-0.39, 0.29) is 0 Å². The predicted molar refractivity (Wildman–Crippen MR) is 80.1 cm³/mol. The van der Waals surface area contributed by atoms with Crippen LogP contribution in [-0.2, 0) is 13.5 Å². The number of hydrogen-bond acceptors (Lipinski definition) is 5. The molecule has 5 nitrogen and oxygen atoms in total. The maximum atomic E-state index is 4.52. The minimum absolute atomic E-state index is 0.350. The van der Waals surface area contributed by atoms with E-state index in [1.807, 2.05) is 24.6 Å². The number of fused-ring (bicyclic) bond motifs is 2. The van der Waals surface area contributed by atoms with Crippen LogP contribution in [0.1, 0.15) is 23.4 Å². The van der Waals surface area contributed by atoms with E-state index in [4.69, 9.17) is 0 Å². The molecule has 0 unspecified atom stereocenters. The molecule has 0 N–H and O–H groups in total. The lowest BCUT2D eigenvalue weighted by Gasteiger charge is -2.34. The first-order valence-corrected chi connectivity index (χ1v) is 7.59. The van der Waals surface area contributed by atoms with Crippen molar-refractivity contribution in [3.8, 4) is 0 Å². The second-order valence-electron chi connectivity index (χ2n) is 5.12. The first-order valence-electron chi connectivity index (χ1n) is 6.71. The molecule has 0 saturated carbocycles. The zero-order valence-electron chi connectivity index (χ0n) is 11.4. The van der Waals surface area contributed by atoms with Gasteiger partial charge in [0.2, 0.25) is 0 Å². The molecule has 0 radical (unpaired) electrons. The van der Waals surface area contributed by atoms with E-state index in [1.165, 1.54) is 10.4 Å². The number of thiophene rings is 1. The molecule has 0 bridgehead atoms. The SMILES string of the molecule is C[C@H]1c2ccsc2CCN1c1ncnc2c1cnn2C. The summed E-state index contributed by atoms with van der Waals surface area (Å²) >= 11 is 1.86. The van der Waals surface area contributed by atoms with Crippen molar-refractivity contribution < 1.29 is 0 Å². The maximum Gasteiger partial charge on any atom is 0.163 e. The van der Waals surface area contributed by atoms with Gasteiger partial charge in [-0.3, -0.25) is 4.68 Å². The molecule has 0 aliphatic carbocycles. The van der Waals surface area contributed by atoms with Crippen molar-refractivity contribution in [3.63, 3.8) is 0 Å². The first kappa shape index (κ1) is 11.8. The molecule has 3 aromatic heterocycles. The summed E-state index contributed by atoms with van der Waals surface area (Å²) in [7, 11) is 1.91. The summed E-state index contributed by atoms with van der Waals surface area (Å²) < 4.78 is 1.80. The second-order valence-corrected chi connectivity index (χ2v) is 6.12. The summed E-state index contributed by atoms with van der Waals surface area (Å²) in [5.41, 5.74) is 2.32. The largest absolute Gasteiger partial charge is 0.349 e. The Morgan fingerprint density at radius 3 is 3.15 bits per heavy atom. The van der Waals surface area contributed by atoms with Crippen molar-refractivity contribution in [2.24, 2.45) is 7.05 Å². The fourth-order valence-corrected chi connectivity index (χ4v) is 3.94. The average molecular weight is 285 g/mol. The third kappa shape index (κ3) is 1.57. The van der Waals surface area contributed by atoms with E-state index in [0.29, 0.717) is 6.04 Å². The third-order valence-electron chi connectivity index (χ3n) is 4.06. The topological polar surface area (TPSA) is 46.8 Å². The lowest BCUT2D eigenvalue weighted by molar-refractivity contribution is 0.627. The Bertz CT molecular complexity index is 775. The van der Waals surface area contributed by atoms with Crippen LogP contribution in [0.25, 0.3) is 11.0 Å². The highest BCUT2D eigenvalue weighted by atomic mass is 32.1. The quantitative estimate of drug-likeness (QED) is 0.689. The molecular weight excluding hydrogens is 270 g/mol. The number of hydrogen-bond donors (Lipinski definition) is 0. The Morgan fingerprint density at radius 2 is 2.25 bits per heavy atom. The molecule has 0 spiro atoms. The molecule has 0 fully saturated rings. The Labute approximate surface area is 120 Å². The normalized spacial score (nSPS) is 18.5. The van der Waals surface area contributed by atoms with Crippen LogP contribution in [-0.4, -0.2) is 26.3 Å². The number of aryl methyl sites for hydroxylation is 1. The molecule has 1 atom stereocenters. The lowest BCUT2D eigenvalue weighted by atomic mass is 10.0. The van der Waals surface area contributed by atoms with Crippen molar-refractivity contribution in [2.45, 2.75) is 19.4 Å². The predicted octanol–water partition coefficient (Wildman–Crippen LogP) is 2.55. The van der Waals surface area contributed by atoms with Gasteiger partial charge in [0, 0.05) is 18.5 Å². The Hall–Kier alpha value is -1.95.